The summed E-state index contributed by atoms with van der Waals surface area (Å²) < 4.78 is 4.98. The monoisotopic (exact) mass is 435 g/mol. The van der Waals surface area contributed by atoms with E-state index in [4.69, 9.17) is 4.74 Å². The highest BCUT2D eigenvalue weighted by Gasteiger charge is 2.45. The molecule has 2 bridgehead atoms. The van der Waals surface area contributed by atoms with Crippen LogP contribution in [0, 0.1) is 11.8 Å². The number of likely N-dealkylation sites (tertiary alicyclic amines) is 2. The van der Waals surface area contributed by atoms with Crippen molar-refractivity contribution in [3.05, 3.63) is 0 Å². The Morgan fingerprint density at radius 2 is 1.90 bits per heavy atom. The zero-order valence-electron chi connectivity index (χ0n) is 18.7. The molecule has 0 aromatic heterocycles. The molecule has 4 aliphatic heterocycles. The quantitative estimate of drug-likeness (QED) is 0.636. The number of hydrogen-bond donors (Lipinski definition) is 2. The number of fused-ring (bicyclic) bond motifs is 4. The van der Waals surface area contributed by atoms with Gasteiger partial charge in [-0.1, -0.05) is 0 Å². The van der Waals surface area contributed by atoms with Crippen LogP contribution in [0.2, 0.25) is 0 Å². The summed E-state index contributed by atoms with van der Waals surface area (Å²) in [7, 11) is 1.65. The van der Waals surface area contributed by atoms with Gasteiger partial charge in [-0.2, -0.15) is 0 Å². The van der Waals surface area contributed by atoms with E-state index in [1.807, 2.05) is 9.80 Å². The predicted molar refractivity (Wildman–Crippen MR) is 116 cm³/mol. The summed E-state index contributed by atoms with van der Waals surface area (Å²) in [6.45, 7) is 4.92. The first kappa shape index (κ1) is 22.2. The van der Waals surface area contributed by atoms with E-state index in [1.165, 1.54) is 0 Å². The second kappa shape index (κ2) is 10.1. The molecule has 0 unspecified atom stereocenters. The lowest BCUT2D eigenvalue weighted by Crippen LogP contribution is -2.62. The Kier molecular flexibility index (Phi) is 7.20. The largest absolute Gasteiger partial charge is 0.385 e. The van der Waals surface area contributed by atoms with Gasteiger partial charge in [0.2, 0.25) is 5.91 Å². The number of hydrogen-bond acceptors (Lipinski definition) is 4. The van der Waals surface area contributed by atoms with Crippen molar-refractivity contribution in [3.8, 4) is 0 Å². The van der Waals surface area contributed by atoms with Gasteiger partial charge in [0.15, 0.2) is 0 Å². The lowest BCUT2D eigenvalue weighted by Gasteiger charge is -2.53. The minimum Gasteiger partial charge on any atom is -0.385 e. The van der Waals surface area contributed by atoms with Crippen molar-refractivity contribution >= 4 is 18.0 Å². The number of amides is 5. The molecule has 4 aliphatic rings. The van der Waals surface area contributed by atoms with E-state index < -0.39 is 0 Å². The minimum atomic E-state index is -0.142. The van der Waals surface area contributed by atoms with E-state index in [9.17, 15) is 14.4 Å². The first-order valence-corrected chi connectivity index (χ1v) is 11.9. The van der Waals surface area contributed by atoms with Crippen molar-refractivity contribution in [1.82, 2.24) is 25.3 Å². The molecule has 0 saturated carbocycles. The number of methoxy groups -OCH3 is 1. The normalized spacial score (nSPS) is 28.9. The van der Waals surface area contributed by atoms with Gasteiger partial charge in [0.25, 0.3) is 0 Å². The fraction of sp³-hybridized carbons (Fsp3) is 0.864. The first-order chi connectivity index (χ1) is 15.0. The molecule has 5 amide bonds. The zero-order valence-corrected chi connectivity index (χ0v) is 18.7. The number of ether oxygens (including phenoxy) is 1. The van der Waals surface area contributed by atoms with Crippen molar-refractivity contribution in [2.24, 2.45) is 11.8 Å². The SMILES string of the molecule is COCCCNC(=O)NC1CCN(C(=O)N2C[C@H]3C[C@H](C2)[C@H]2CCCC(=O)N2C3)CC1. The van der Waals surface area contributed by atoms with Crippen LogP contribution in [-0.2, 0) is 9.53 Å². The van der Waals surface area contributed by atoms with E-state index in [0.717, 1.165) is 58.2 Å². The second-order valence-corrected chi connectivity index (χ2v) is 9.56. The van der Waals surface area contributed by atoms with Crippen molar-refractivity contribution in [3.63, 3.8) is 0 Å². The zero-order chi connectivity index (χ0) is 21.8. The lowest BCUT2D eigenvalue weighted by molar-refractivity contribution is -0.144. The van der Waals surface area contributed by atoms with Gasteiger partial charge in [0.05, 0.1) is 0 Å². The number of nitrogens with one attached hydrogen (secondary N) is 2. The van der Waals surface area contributed by atoms with Gasteiger partial charge >= 0.3 is 12.1 Å². The van der Waals surface area contributed by atoms with Gasteiger partial charge in [-0.3, -0.25) is 4.79 Å². The molecule has 9 nitrogen and oxygen atoms in total. The second-order valence-electron chi connectivity index (χ2n) is 9.56. The molecule has 0 radical (unpaired) electrons. The van der Waals surface area contributed by atoms with E-state index in [0.29, 0.717) is 56.4 Å². The Morgan fingerprint density at radius 3 is 2.68 bits per heavy atom. The third-order valence-corrected chi connectivity index (χ3v) is 7.36. The summed E-state index contributed by atoms with van der Waals surface area (Å²) >= 11 is 0. The molecule has 2 N–H and O–H groups in total. The topological polar surface area (TPSA) is 94.2 Å². The number of nitrogens with zero attached hydrogens (tertiary/aromatic N) is 3. The number of piperidine rings is 4. The molecule has 0 aromatic carbocycles. The van der Waals surface area contributed by atoms with E-state index >= 15 is 0 Å². The average molecular weight is 436 g/mol. The van der Waals surface area contributed by atoms with Crippen LogP contribution in [0.4, 0.5) is 9.59 Å². The standard InChI is InChI=1S/C22H37N5O4/c1-31-11-3-8-23-21(29)24-18-6-9-25(10-7-18)22(30)26-13-16-12-17(15-26)19-4-2-5-20(28)27(19)14-16/h16-19H,2-15H2,1H3,(H2,23,24,29)/t16-,17-,19-/m1/s1. The molecular formula is C22H37N5O4. The predicted octanol–water partition coefficient (Wildman–Crippen LogP) is 1.24. The maximum absolute atomic E-state index is 13.2. The Bertz CT molecular complexity index is 666. The lowest BCUT2D eigenvalue weighted by atomic mass is 9.76. The van der Waals surface area contributed by atoms with Crippen LogP contribution in [0.25, 0.3) is 0 Å². The van der Waals surface area contributed by atoms with Gasteiger partial charge in [-0.25, -0.2) is 9.59 Å². The van der Waals surface area contributed by atoms with Gasteiger partial charge in [-0.05, 0) is 50.4 Å². The summed E-state index contributed by atoms with van der Waals surface area (Å²) in [5.41, 5.74) is 0. The van der Waals surface area contributed by atoms with Crippen molar-refractivity contribution in [1.29, 1.82) is 0 Å². The molecule has 4 heterocycles. The van der Waals surface area contributed by atoms with Gasteiger partial charge in [0.1, 0.15) is 0 Å². The number of carbonyl (C=O) groups excluding carboxylic acids is 3. The van der Waals surface area contributed by atoms with Crippen molar-refractivity contribution in [2.75, 3.05) is 53.0 Å². The van der Waals surface area contributed by atoms with Crippen LogP contribution >= 0.6 is 0 Å². The van der Waals surface area contributed by atoms with Crippen LogP contribution in [-0.4, -0.2) is 97.7 Å². The Labute approximate surface area is 184 Å². The third-order valence-electron chi connectivity index (χ3n) is 7.36. The number of rotatable bonds is 5. The van der Waals surface area contributed by atoms with Crippen LogP contribution < -0.4 is 10.6 Å². The average Bonchev–Trinajstić information content (AvgIpc) is 2.77. The highest BCUT2D eigenvalue weighted by atomic mass is 16.5. The Hall–Kier alpha value is -2.03. The highest BCUT2D eigenvalue weighted by Crippen LogP contribution is 2.38. The molecule has 0 aliphatic carbocycles. The van der Waals surface area contributed by atoms with E-state index in [2.05, 4.69) is 15.5 Å². The molecule has 0 aromatic rings. The molecular weight excluding hydrogens is 398 g/mol. The molecule has 0 spiro atoms. The third kappa shape index (κ3) is 5.25. The first-order valence-electron chi connectivity index (χ1n) is 11.9. The molecule has 174 valence electrons. The molecule has 4 rings (SSSR count). The van der Waals surface area contributed by atoms with Crippen LogP contribution in [0.1, 0.15) is 44.9 Å². The van der Waals surface area contributed by atoms with Crippen molar-refractivity contribution < 1.29 is 19.1 Å². The molecule has 4 fully saturated rings. The Balaban J connectivity index is 1.22. The van der Waals surface area contributed by atoms with Gasteiger partial charge < -0.3 is 30.1 Å². The van der Waals surface area contributed by atoms with Gasteiger partial charge in [-0.15, -0.1) is 0 Å². The van der Waals surface area contributed by atoms with Crippen molar-refractivity contribution in [2.45, 2.75) is 57.0 Å². The van der Waals surface area contributed by atoms with Crippen LogP contribution in [0.15, 0.2) is 0 Å². The molecule has 31 heavy (non-hydrogen) atoms. The highest BCUT2D eigenvalue weighted by molar-refractivity contribution is 5.78. The number of urea groups is 2. The summed E-state index contributed by atoms with van der Waals surface area (Å²) in [5, 5.41) is 5.87. The molecule has 3 atom stereocenters. The Morgan fingerprint density at radius 1 is 1.10 bits per heavy atom. The minimum absolute atomic E-state index is 0.106. The number of carbonyl (C=O) groups is 3. The maximum atomic E-state index is 13.2. The fourth-order valence-electron chi connectivity index (χ4n) is 5.84. The van der Waals surface area contributed by atoms with Crippen LogP contribution in [0.3, 0.4) is 0 Å². The van der Waals surface area contributed by atoms with Gasteiger partial charge in [0, 0.05) is 71.5 Å². The van der Waals surface area contributed by atoms with E-state index in [-0.39, 0.29) is 18.1 Å². The summed E-state index contributed by atoms with van der Waals surface area (Å²) in [6.07, 6.45) is 6.24. The molecule has 4 saturated heterocycles. The summed E-state index contributed by atoms with van der Waals surface area (Å²) in [6, 6.07) is 0.420. The van der Waals surface area contributed by atoms with Crippen LogP contribution in [0.5, 0.6) is 0 Å². The smallest absolute Gasteiger partial charge is 0.320 e. The summed E-state index contributed by atoms with van der Waals surface area (Å²) in [4.78, 5) is 43.6. The fourth-order valence-corrected chi connectivity index (χ4v) is 5.84. The summed E-state index contributed by atoms with van der Waals surface area (Å²) in [5.74, 6) is 1.13. The van der Waals surface area contributed by atoms with E-state index in [1.54, 1.807) is 7.11 Å². The molecule has 9 heteroatoms. The maximum Gasteiger partial charge on any atom is 0.320 e.